The molecule has 2 rings (SSSR count). The third kappa shape index (κ3) is 2.50. The molecule has 4 nitrogen and oxygen atoms in total. The molecule has 0 saturated heterocycles. The normalized spacial score (nSPS) is 21.4. The summed E-state index contributed by atoms with van der Waals surface area (Å²) in [5.41, 5.74) is 0.431. The smallest absolute Gasteiger partial charge is 0.307 e. The summed E-state index contributed by atoms with van der Waals surface area (Å²) in [4.78, 5) is 23.9. The molecule has 96 valence electrons. The van der Waals surface area contributed by atoms with Gasteiger partial charge in [-0.15, -0.1) is 0 Å². The Morgan fingerprint density at radius 3 is 2.61 bits per heavy atom. The Hall–Kier alpha value is -1.91. The molecule has 0 heterocycles. The second-order valence-corrected chi connectivity index (χ2v) is 4.57. The van der Waals surface area contributed by atoms with Gasteiger partial charge in [-0.25, -0.2) is 4.39 Å². The number of rotatable bonds is 4. The molecule has 2 unspecified atom stereocenters. The molecular weight excluding hydrogens is 237 g/mol. The first-order chi connectivity index (χ1) is 8.50. The third-order valence-corrected chi connectivity index (χ3v) is 3.17. The van der Waals surface area contributed by atoms with Gasteiger partial charge < -0.3 is 10.0 Å². The first-order valence-electron chi connectivity index (χ1n) is 5.72. The number of halogens is 1. The number of aliphatic carboxylic acids is 1. The lowest BCUT2D eigenvalue weighted by molar-refractivity contribution is -0.141. The van der Waals surface area contributed by atoms with Crippen LogP contribution in [-0.2, 0) is 16.1 Å². The van der Waals surface area contributed by atoms with Crippen LogP contribution in [0.3, 0.4) is 0 Å². The van der Waals surface area contributed by atoms with Gasteiger partial charge in [0.2, 0.25) is 5.91 Å². The molecule has 1 aromatic carbocycles. The molecule has 1 saturated carbocycles. The van der Waals surface area contributed by atoms with Crippen LogP contribution in [0.5, 0.6) is 0 Å². The van der Waals surface area contributed by atoms with Crippen molar-refractivity contribution in [3.63, 3.8) is 0 Å². The number of carbonyl (C=O) groups is 2. The summed E-state index contributed by atoms with van der Waals surface area (Å²) in [5.74, 6) is -2.54. The van der Waals surface area contributed by atoms with Gasteiger partial charge in [0, 0.05) is 19.2 Å². The van der Waals surface area contributed by atoms with Crippen molar-refractivity contribution < 1.29 is 19.1 Å². The van der Waals surface area contributed by atoms with Crippen LogP contribution in [0, 0.1) is 17.7 Å². The van der Waals surface area contributed by atoms with Crippen LogP contribution in [0.4, 0.5) is 4.39 Å². The van der Waals surface area contributed by atoms with E-state index < -0.39 is 17.8 Å². The summed E-state index contributed by atoms with van der Waals surface area (Å²) in [5, 5.41) is 8.76. The number of carboxylic acids is 1. The third-order valence-electron chi connectivity index (χ3n) is 3.17. The Morgan fingerprint density at radius 1 is 1.39 bits per heavy atom. The minimum Gasteiger partial charge on any atom is -0.481 e. The van der Waals surface area contributed by atoms with Crippen molar-refractivity contribution in [1.29, 1.82) is 0 Å². The van der Waals surface area contributed by atoms with E-state index in [4.69, 9.17) is 5.11 Å². The highest BCUT2D eigenvalue weighted by atomic mass is 19.1. The minimum atomic E-state index is -0.937. The fraction of sp³-hybridized carbons (Fsp3) is 0.385. The first-order valence-corrected chi connectivity index (χ1v) is 5.72. The van der Waals surface area contributed by atoms with E-state index in [2.05, 4.69) is 0 Å². The predicted molar refractivity (Wildman–Crippen MR) is 62.1 cm³/mol. The van der Waals surface area contributed by atoms with Gasteiger partial charge >= 0.3 is 5.97 Å². The zero-order valence-corrected chi connectivity index (χ0v) is 9.97. The van der Waals surface area contributed by atoms with E-state index in [1.165, 1.54) is 11.0 Å². The standard InChI is InChI=1S/C13H14FNO3/c1-15(7-8-4-2-3-5-11(8)14)12(16)9-6-10(9)13(17)18/h2-5,9-10H,6-7H2,1H3,(H,17,18). The highest BCUT2D eigenvalue weighted by Crippen LogP contribution is 2.40. The summed E-state index contributed by atoms with van der Waals surface area (Å²) in [6.45, 7) is 0.161. The van der Waals surface area contributed by atoms with Crippen LogP contribution in [0.25, 0.3) is 0 Å². The number of carbonyl (C=O) groups excluding carboxylic acids is 1. The lowest BCUT2D eigenvalue weighted by Crippen LogP contribution is -2.29. The molecule has 5 heteroatoms. The number of amides is 1. The maximum Gasteiger partial charge on any atom is 0.307 e. The number of nitrogens with zero attached hydrogens (tertiary/aromatic N) is 1. The predicted octanol–water partition coefficient (Wildman–Crippen LogP) is 1.50. The molecule has 1 aromatic rings. The molecule has 0 aromatic heterocycles. The molecule has 1 amide bonds. The Labute approximate surface area is 104 Å². The molecule has 1 aliphatic rings. The average Bonchev–Trinajstić information content (AvgIpc) is 3.11. The summed E-state index contributed by atoms with van der Waals surface area (Å²) >= 11 is 0. The van der Waals surface area contributed by atoms with Gasteiger partial charge in [0.1, 0.15) is 5.82 Å². The number of carboxylic acid groups (broad SMARTS) is 1. The number of hydrogen-bond donors (Lipinski definition) is 1. The zero-order valence-electron chi connectivity index (χ0n) is 9.97. The Bertz CT molecular complexity index is 489. The molecule has 1 N–H and O–H groups in total. The van der Waals surface area contributed by atoms with E-state index in [1.54, 1.807) is 25.2 Å². The van der Waals surface area contributed by atoms with Crippen molar-refractivity contribution in [3.8, 4) is 0 Å². The molecule has 0 bridgehead atoms. The van der Waals surface area contributed by atoms with E-state index in [0.29, 0.717) is 12.0 Å². The van der Waals surface area contributed by atoms with Gasteiger partial charge in [0.15, 0.2) is 0 Å². The van der Waals surface area contributed by atoms with Crippen LogP contribution in [0.15, 0.2) is 24.3 Å². The molecule has 1 aliphatic carbocycles. The quantitative estimate of drug-likeness (QED) is 0.882. The first kappa shape index (κ1) is 12.5. The summed E-state index contributed by atoms with van der Waals surface area (Å²) in [7, 11) is 1.56. The van der Waals surface area contributed by atoms with E-state index in [9.17, 15) is 14.0 Å². The minimum absolute atomic E-state index is 0.161. The highest BCUT2D eigenvalue weighted by molar-refractivity contribution is 5.89. The van der Waals surface area contributed by atoms with Crippen molar-refractivity contribution in [3.05, 3.63) is 35.6 Å². The molecule has 2 atom stereocenters. The van der Waals surface area contributed by atoms with Gasteiger partial charge in [-0.3, -0.25) is 9.59 Å². The van der Waals surface area contributed by atoms with Crippen LogP contribution in [0.1, 0.15) is 12.0 Å². The second-order valence-electron chi connectivity index (χ2n) is 4.57. The second kappa shape index (κ2) is 4.76. The maximum absolute atomic E-state index is 13.4. The molecule has 0 aliphatic heterocycles. The van der Waals surface area contributed by atoms with Gasteiger partial charge in [0.05, 0.1) is 11.8 Å². The van der Waals surface area contributed by atoms with Gasteiger partial charge in [-0.2, -0.15) is 0 Å². The van der Waals surface area contributed by atoms with E-state index in [-0.39, 0.29) is 18.3 Å². The largest absolute Gasteiger partial charge is 0.481 e. The molecule has 0 spiro atoms. The molecule has 0 radical (unpaired) electrons. The molecular formula is C13H14FNO3. The summed E-state index contributed by atoms with van der Waals surface area (Å²) < 4.78 is 13.4. The van der Waals surface area contributed by atoms with E-state index in [1.807, 2.05) is 0 Å². The topological polar surface area (TPSA) is 57.6 Å². The fourth-order valence-corrected chi connectivity index (χ4v) is 1.98. The van der Waals surface area contributed by atoms with E-state index in [0.717, 1.165) is 0 Å². The van der Waals surface area contributed by atoms with Crippen LogP contribution in [0.2, 0.25) is 0 Å². The lowest BCUT2D eigenvalue weighted by Gasteiger charge is -2.17. The average molecular weight is 251 g/mol. The van der Waals surface area contributed by atoms with Gasteiger partial charge in [-0.05, 0) is 12.5 Å². The van der Waals surface area contributed by atoms with Crippen LogP contribution in [-0.4, -0.2) is 28.9 Å². The highest BCUT2D eigenvalue weighted by Gasteiger charge is 2.49. The van der Waals surface area contributed by atoms with Crippen molar-refractivity contribution in [1.82, 2.24) is 4.90 Å². The molecule has 1 fully saturated rings. The summed E-state index contributed by atoms with van der Waals surface area (Å²) in [6.07, 6.45) is 0.385. The van der Waals surface area contributed by atoms with Gasteiger partial charge in [-0.1, -0.05) is 18.2 Å². The van der Waals surface area contributed by atoms with Gasteiger partial charge in [0.25, 0.3) is 0 Å². The maximum atomic E-state index is 13.4. The summed E-state index contributed by atoms with van der Waals surface area (Å²) in [6, 6.07) is 6.24. The fourth-order valence-electron chi connectivity index (χ4n) is 1.98. The van der Waals surface area contributed by atoms with Crippen molar-refractivity contribution >= 4 is 11.9 Å². The van der Waals surface area contributed by atoms with Crippen LogP contribution >= 0.6 is 0 Å². The van der Waals surface area contributed by atoms with Crippen LogP contribution < -0.4 is 0 Å². The molecule has 18 heavy (non-hydrogen) atoms. The monoisotopic (exact) mass is 251 g/mol. The van der Waals surface area contributed by atoms with Crippen molar-refractivity contribution in [2.75, 3.05) is 7.05 Å². The number of benzene rings is 1. The SMILES string of the molecule is CN(Cc1ccccc1F)C(=O)C1CC1C(=O)O. The van der Waals surface area contributed by atoms with Crippen molar-refractivity contribution in [2.24, 2.45) is 11.8 Å². The Kier molecular flexibility index (Phi) is 3.32. The Balaban J connectivity index is 1.97. The lowest BCUT2D eigenvalue weighted by atomic mass is 10.2. The number of hydrogen-bond acceptors (Lipinski definition) is 2. The van der Waals surface area contributed by atoms with E-state index >= 15 is 0 Å². The Morgan fingerprint density at radius 2 is 2.06 bits per heavy atom. The zero-order chi connectivity index (χ0) is 13.3. The van der Waals surface area contributed by atoms with Crippen molar-refractivity contribution in [2.45, 2.75) is 13.0 Å².